The molecular formula is C13H16BrN3O. The quantitative estimate of drug-likeness (QED) is 0.939. The predicted octanol–water partition coefficient (Wildman–Crippen LogP) is 3.48. The van der Waals surface area contributed by atoms with Crippen LogP contribution in [0.4, 0.5) is 0 Å². The van der Waals surface area contributed by atoms with Crippen molar-refractivity contribution in [1.82, 2.24) is 15.5 Å². The molecule has 5 heteroatoms. The highest BCUT2D eigenvalue weighted by Crippen LogP contribution is 2.30. The maximum Gasteiger partial charge on any atom is 0.248 e. The highest BCUT2D eigenvalue weighted by Gasteiger charge is 2.16. The van der Waals surface area contributed by atoms with Gasteiger partial charge in [-0.15, -0.1) is 10.2 Å². The van der Waals surface area contributed by atoms with Crippen molar-refractivity contribution >= 4 is 15.9 Å². The molecule has 0 amide bonds. The van der Waals surface area contributed by atoms with Crippen LogP contribution in [0.5, 0.6) is 0 Å². The molecule has 1 aromatic carbocycles. The molecule has 0 saturated heterocycles. The van der Waals surface area contributed by atoms with Crippen LogP contribution in [0, 0.1) is 6.92 Å². The molecule has 0 spiro atoms. The lowest BCUT2D eigenvalue weighted by molar-refractivity contribution is 0.429. The van der Waals surface area contributed by atoms with Gasteiger partial charge in [0.05, 0.1) is 11.6 Å². The van der Waals surface area contributed by atoms with Crippen LogP contribution < -0.4 is 5.32 Å². The van der Waals surface area contributed by atoms with E-state index in [9.17, 15) is 0 Å². The van der Waals surface area contributed by atoms with E-state index in [2.05, 4.69) is 31.4 Å². The number of hydrogen-bond acceptors (Lipinski definition) is 4. The van der Waals surface area contributed by atoms with E-state index in [1.807, 2.05) is 39.0 Å². The van der Waals surface area contributed by atoms with Crippen LogP contribution in [0.1, 0.15) is 31.3 Å². The van der Waals surface area contributed by atoms with Crippen molar-refractivity contribution in [1.29, 1.82) is 0 Å². The summed E-state index contributed by atoms with van der Waals surface area (Å²) in [7, 11) is 0. The summed E-state index contributed by atoms with van der Waals surface area (Å²) in [5.41, 5.74) is 2.07. The standard InChI is InChI=1S/C13H16BrN3O/c1-4-15-9(3)12-16-17-13(18-12)10-7-5-6-8(2)11(10)14/h5-7,9,15H,4H2,1-3H3. The normalized spacial score (nSPS) is 12.7. The summed E-state index contributed by atoms with van der Waals surface area (Å²) in [6.07, 6.45) is 0. The molecule has 0 aliphatic carbocycles. The first kappa shape index (κ1) is 13.2. The number of aryl methyl sites for hydroxylation is 1. The third-order valence-corrected chi connectivity index (χ3v) is 3.80. The SMILES string of the molecule is CCNC(C)c1nnc(-c2cccc(C)c2Br)o1. The summed E-state index contributed by atoms with van der Waals surface area (Å²) < 4.78 is 6.70. The first-order valence-corrected chi connectivity index (χ1v) is 6.75. The van der Waals surface area contributed by atoms with Crippen molar-refractivity contribution in [2.24, 2.45) is 0 Å². The molecule has 0 bridgehead atoms. The minimum Gasteiger partial charge on any atom is -0.419 e. The van der Waals surface area contributed by atoms with Gasteiger partial charge in [0.25, 0.3) is 0 Å². The Morgan fingerprint density at radius 1 is 1.39 bits per heavy atom. The van der Waals surface area contributed by atoms with Gasteiger partial charge in [-0.05, 0) is 48.0 Å². The summed E-state index contributed by atoms with van der Waals surface area (Å²) in [6.45, 7) is 6.95. The average molecular weight is 310 g/mol. The number of rotatable bonds is 4. The Labute approximate surface area is 115 Å². The van der Waals surface area contributed by atoms with Gasteiger partial charge >= 0.3 is 0 Å². The van der Waals surface area contributed by atoms with Gasteiger partial charge in [0, 0.05) is 4.47 Å². The highest BCUT2D eigenvalue weighted by molar-refractivity contribution is 9.10. The van der Waals surface area contributed by atoms with Crippen molar-refractivity contribution in [2.45, 2.75) is 26.8 Å². The van der Waals surface area contributed by atoms with Crippen molar-refractivity contribution in [3.8, 4) is 11.5 Å². The molecule has 0 radical (unpaired) electrons. The molecule has 18 heavy (non-hydrogen) atoms. The molecular weight excluding hydrogens is 294 g/mol. The molecule has 96 valence electrons. The predicted molar refractivity (Wildman–Crippen MR) is 74.3 cm³/mol. The van der Waals surface area contributed by atoms with E-state index in [0.717, 1.165) is 22.1 Å². The fourth-order valence-electron chi connectivity index (χ4n) is 1.72. The van der Waals surface area contributed by atoms with Crippen molar-refractivity contribution in [3.05, 3.63) is 34.1 Å². The highest BCUT2D eigenvalue weighted by atomic mass is 79.9. The molecule has 4 nitrogen and oxygen atoms in total. The number of aromatic nitrogens is 2. The lowest BCUT2D eigenvalue weighted by Gasteiger charge is -2.06. The van der Waals surface area contributed by atoms with E-state index in [1.54, 1.807) is 0 Å². The minimum atomic E-state index is 0.0693. The van der Waals surface area contributed by atoms with Crippen LogP contribution in [0.3, 0.4) is 0 Å². The summed E-state index contributed by atoms with van der Waals surface area (Å²) in [5, 5.41) is 11.4. The number of nitrogens with one attached hydrogen (secondary N) is 1. The summed E-state index contributed by atoms with van der Waals surface area (Å²) in [6, 6.07) is 6.05. The Balaban J connectivity index is 2.32. The van der Waals surface area contributed by atoms with Crippen LogP contribution >= 0.6 is 15.9 Å². The minimum absolute atomic E-state index is 0.0693. The molecule has 1 heterocycles. The van der Waals surface area contributed by atoms with Crippen LogP contribution in [0.15, 0.2) is 27.1 Å². The van der Waals surface area contributed by atoms with Crippen LogP contribution in [0.2, 0.25) is 0 Å². The second-order valence-corrected chi connectivity index (χ2v) is 4.95. The molecule has 1 N–H and O–H groups in total. The number of nitrogens with zero attached hydrogens (tertiary/aromatic N) is 2. The fraction of sp³-hybridized carbons (Fsp3) is 0.385. The van der Waals surface area contributed by atoms with Crippen LogP contribution in [0.25, 0.3) is 11.5 Å². The lowest BCUT2D eigenvalue weighted by Crippen LogP contribution is -2.17. The third-order valence-electron chi connectivity index (χ3n) is 2.74. The van der Waals surface area contributed by atoms with E-state index in [4.69, 9.17) is 4.42 Å². The second kappa shape index (κ2) is 5.63. The zero-order chi connectivity index (χ0) is 13.1. The van der Waals surface area contributed by atoms with Gasteiger partial charge in [0.1, 0.15) is 0 Å². The van der Waals surface area contributed by atoms with E-state index in [0.29, 0.717) is 11.8 Å². The van der Waals surface area contributed by atoms with Gasteiger partial charge in [0.2, 0.25) is 11.8 Å². The molecule has 2 aromatic rings. The van der Waals surface area contributed by atoms with E-state index in [-0.39, 0.29) is 6.04 Å². The average Bonchev–Trinajstić information content (AvgIpc) is 2.82. The zero-order valence-corrected chi connectivity index (χ0v) is 12.3. The Bertz CT molecular complexity index is 539. The van der Waals surface area contributed by atoms with Crippen molar-refractivity contribution in [3.63, 3.8) is 0 Å². The summed E-state index contributed by atoms with van der Waals surface area (Å²) in [4.78, 5) is 0. The van der Waals surface area contributed by atoms with Gasteiger partial charge < -0.3 is 9.73 Å². The van der Waals surface area contributed by atoms with E-state index < -0.39 is 0 Å². The van der Waals surface area contributed by atoms with E-state index in [1.165, 1.54) is 0 Å². The van der Waals surface area contributed by atoms with Gasteiger partial charge in [0.15, 0.2) is 0 Å². The van der Waals surface area contributed by atoms with Crippen molar-refractivity contribution < 1.29 is 4.42 Å². The molecule has 1 aromatic heterocycles. The summed E-state index contributed by atoms with van der Waals surface area (Å²) >= 11 is 3.55. The first-order chi connectivity index (χ1) is 8.63. The number of halogens is 1. The molecule has 2 rings (SSSR count). The largest absolute Gasteiger partial charge is 0.419 e. The Morgan fingerprint density at radius 3 is 2.89 bits per heavy atom. The summed E-state index contributed by atoms with van der Waals surface area (Å²) in [5.74, 6) is 1.16. The van der Waals surface area contributed by atoms with Crippen LogP contribution in [-0.4, -0.2) is 16.7 Å². The molecule has 0 aliphatic rings. The van der Waals surface area contributed by atoms with Gasteiger partial charge in [-0.3, -0.25) is 0 Å². The first-order valence-electron chi connectivity index (χ1n) is 5.95. The lowest BCUT2D eigenvalue weighted by atomic mass is 10.1. The molecule has 1 atom stereocenters. The third kappa shape index (κ3) is 2.62. The van der Waals surface area contributed by atoms with E-state index >= 15 is 0 Å². The van der Waals surface area contributed by atoms with Crippen molar-refractivity contribution in [2.75, 3.05) is 6.54 Å². The Morgan fingerprint density at radius 2 is 2.17 bits per heavy atom. The monoisotopic (exact) mass is 309 g/mol. The molecule has 0 fully saturated rings. The maximum absolute atomic E-state index is 5.71. The number of benzene rings is 1. The second-order valence-electron chi connectivity index (χ2n) is 4.16. The van der Waals surface area contributed by atoms with Gasteiger partial charge in [-0.25, -0.2) is 0 Å². The zero-order valence-electron chi connectivity index (χ0n) is 10.7. The maximum atomic E-state index is 5.71. The molecule has 0 aliphatic heterocycles. The molecule has 0 saturated carbocycles. The topological polar surface area (TPSA) is 51.0 Å². The number of hydrogen-bond donors (Lipinski definition) is 1. The Hall–Kier alpha value is -1.20. The Kier molecular flexibility index (Phi) is 4.14. The fourth-order valence-corrected chi connectivity index (χ4v) is 2.16. The molecule has 1 unspecified atom stereocenters. The van der Waals surface area contributed by atoms with Gasteiger partial charge in [-0.1, -0.05) is 19.1 Å². The van der Waals surface area contributed by atoms with Crippen LogP contribution in [-0.2, 0) is 0 Å². The van der Waals surface area contributed by atoms with Gasteiger partial charge in [-0.2, -0.15) is 0 Å². The smallest absolute Gasteiger partial charge is 0.248 e.